The van der Waals surface area contributed by atoms with E-state index >= 15 is 0 Å². The molecule has 0 fully saturated rings. The molecule has 1 aromatic carbocycles. The van der Waals surface area contributed by atoms with Crippen LogP contribution in [0.5, 0.6) is 0 Å². The Kier molecular flexibility index (Phi) is 5.15. The molecule has 0 aliphatic carbocycles. The summed E-state index contributed by atoms with van der Waals surface area (Å²) in [6.45, 7) is 5.01. The normalized spacial score (nSPS) is 11.3. The maximum atomic E-state index is 12.0. The molecular weight excluding hydrogens is 312 g/mol. The van der Waals surface area contributed by atoms with Crippen LogP contribution in [-0.2, 0) is 22.4 Å². The Morgan fingerprint density at radius 2 is 1.91 bits per heavy atom. The number of rotatable bonds is 6. The highest BCUT2D eigenvalue weighted by atomic mass is 32.1. The summed E-state index contributed by atoms with van der Waals surface area (Å²) < 4.78 is 0. The van der Waals surface area contributed by atoms with Gasteiger partial charge < -0.3 is 10.4 Å². The summed E-state index contributed by atoms with van der Waals surface area (Å²) >= 11 is 1.47. The van der Waals surface area contributed by atoms with Crippen molar-refractivity contribution in [1.82, 2.24) is 10.3 Å². The molecule has 1 aromatic heterocycles. The van der Waals surface area contributed by atoms with Crippen LogP contribution >= 0.6 is 11.3 Å². The molecule has 0 unspecified atom stereocenters. The van der Waals surface area contributed by atoms with Gasteiger partial charge >= 0.3 is 5.97 Å². The highest BCUT2D eigenvalue weighted by Crippen LogP contribution is 2.24. The van der Waals surface area contributed by atoms with Gasteiger partial charge in [-0.2, -0.15) is 0 Å². The van der Waals surface area contributed by atoms with E-state index in [1.54, 1.807) is 0 Å². The summed E-state index contributed by atoms with van der Waals surface area (Å²) in [6, 6.07) is 8.18. The fourth-order valence-electron chi connectivity index (χ4n) is 2.01. The van der Waals surface area contributed by atoms with Crippen LogP contribution in [0.2, 0.25) is 0 Å². The van der Waals surface area contributed by atoms with Gasteiger partial charge in [-0.25, -0.2) is 9.78 Å². The highest BCUT2D eigenvalue weighted by molar-refractivity contribution is 7.13. The summed E-state index contributed by atoms with van der Waals surface area (Å²) in [4.78, 5) is 27.4. The van der Waals surface area contributed by atoms with E-state index in [0.717, 1.165) is 17.0 Å². The molecule has 2 rings (SSSR count). The largest absolute Gasteiger partial charge is 0.480 e. The molecule has 1 amide bonds. The number of amides is 1. The minimum Gasteiger partial charge on any atom is -0.480 e. The molecule has 23 heavy (non-hydrogen) atoms. The van der Waals surface area contributed by atoms with Crippen LogP contribution in [0, 0.1) is 0 Å². The molecule has 0 saturated heterocycles. The zero-order valence-corrected chi connectivity index (χ0v) is 14.2. The molecule has 0 radical (unpaired) electrons. The number of thiazole rings is 1. The Labute approximate surface area is 139 Å². The number of carbonyl (C=O) groups excluding carboxylic acids is 1. The van der Waals surface area contributed by atoms with Crippen LogP contribution in [-0.4, -0.2) is 27.5 Å². The van der Waals surface area contributed by atoms with E-state index in [1.807, 2.05) is 17.5 Å². The van der Waals surface area contributed by atoms with E-state index in [2.05, 4.69) is 29.4 Å². The van der Waals surface area contributed by atoms with Gasteiger partial charge in [0, 0.05) is 10.9 Å². The van der Waals surface area contributed by atoms with Gasteiger partial charge in [0.1, 0.15) is 10.5 Å². The van der Waals surface area contributed by atoms with Gasteiger partial charge in [-0.05, 0) is 25.8 Å². The lowest BCUT2D eigenvalue weighted by molar-refractivity contribution is -0.145. The highest BCUT2D eigenvalue weighted by Gasteiger charge is 2.29. The SMILES string of the molecule is CCc1ccc(-c2nc(CC(=O)NC(C)(C)C(=O)O)cs2)cc1. The zero-order chi connectivity index (χ0) is 17.0. The molecule has 5 nitrogen and oxygen atoms in total. The van der Waals surface area contributed by atoms with Gasteiger partial charge in [0.15, 0.2) is 0 Å². The maximum absolute atomic E-state index is 12.0. The van der Waals surface area contributed by atoms with Crippen molar-refractivity contribution in [1.29, 1.82) is 0 Å². The van der Waals surface area contributed by atoms with E-state index in [0.29, 0.717) is 5.69 Å². The molecule has 0 atom stereocenters. The van der Waals surface area contributed by atoms with Gasteiger partial charge in [0.2, 0.25) is 5.91 Å². The predicted molar refractivity (Wildman–Crippen MR) is 90.5 cm³/mol. The Hall–Kier alpha value is -2.21. The van der Waals surface area contributed by atoms with Crippen molar-refractivity contribution in [2.24, 2.45) is 0 Å². The second-order valence-electron chi connectivity index (χ2n) is 5.85. The molecule has 0 spiro atoms. The first-order valence-corrected chi connectivity index (χ1v) is 8.28. The first kappa shape index (κ1) is 17.1. The first-order valence-electron chi connectivity index (χ1n) is 7.40. The van der Waals surface area contributed by atoms with Crippen molar-refractivity contribution in [3.63, 3.8) is 0 Å². The Morgan fingerprint density at radius 1 is 1.26 bits per heavy atom. The maximum Gasteiger partial charge on any atom is 0.328 e. The predicted octanol–water partition coefficient (Wildman–Crippen LogP) is 2.89. The number of aliphatic carboxylic acids is 1. The van der Waals surface area contributed by atoms with E-state index in [4.69, 9.17) is 5.11 Å². The summed E-state index contributed by atoms with van der Waals surface area (Å²) in [7, 11) is 0. The zero-order valence-electron chi connectivity index (χ0n) is 13.4. The fourth-order valence-corrected chi connectivity index (χ4v) is 2.84. The van der Waals surface area contributed by atoms with Crippen LogP contribution in [0.3, 0.4) is 0 Å². The fraction of sp³-hybridized carbons (Fsp3) is 0.353. The molecule has 1 heterocycles. The molecule has 2 N–H and O–H groups in total. The minimum atomic E-state index is -1.29. The third-order valence-electron chi connectivity index (χ3n) is 3.49. The first-order chi connectivity index (χ1) is 10.8. The van der Waals surface area contributed by atoms with Crippen molar-refractivity contribution in [3.05, 3.63) is 40.9 Å². The molecule has 2 aromatic rings. The number of carbonyl (C=O) groups is 2. The third-order valence-corrected chi connectivity index (χ3v) is 4.43. The Balaban J connectivity index is 2.04. The van der Waals surface area contributed by atoms with Crippen molar-refractivity contribution in [2.75, 3.05) is 0 Å². The van der Waals surface area contributed by atoms with E-state index in [9.17, 15) is 9.59 Å². The standard InChI is InChI=1S/C17H20N2O3S/c1-4-11-5-7-12(8-6-11)15-18-13(10-23-15)9-14(20)19-17(2,3)16(21)22/h5-8,10H,4,9H2,1-3H3,(H,19,20)(H,21,22). The van der Waals surface area contributed by atoms with Crippen LogP contribution in [0.1, 0.15) is 32.0 Å². The number of aryl methyl sites for hydroxylation is 1. The van der Waals surface area contributed by atoms with Gasteiger partial charge in [-0.1, -0.05) is 31.2 Å². The number of carboxylic acids is 1. The molecule has 122 valence electrons. The van der Waals surface area contributed by atoms with Crippen LogP contribution < -0.4 is 5.32 Å². The van der Waals surface area contributed by atoms with Crippen molar-refractivity contribution >= 4 is 23.2 Å². The second kappa shape index (κ2) is 6.91. The lowest BCUT2D eigenvalue weighted by Gasteiger charge is -2.20. The number of aromatic nitrogens is 1. The van der Waals surface area contributed by atoms with Gasteiger partial charge in [0.25, 0.3) is 0 Å². The average molecular weight is 332 g/mol. The number of benzene rings is 1. The molecular formula is C17H20N2O3S. The average Bonchev–Trinajstić information content (AvgIpc) is 2.95. The second-order valence-corrected chi connectivity index (χ2v) is 6.71. The van der Waals surface area contributed by atoms with Crippen molar-refractivity contribution in [2.45, 2.75) is 39.2 Å². The van der Waals surface area contributed by atoms with E-state index in [-0.39, 0.29) is 12.3 Å². The minimum absolute atomic E-state index is 0.0697. The third kappa shape index (κ3) is 4.39. The lowest BCUT2D eigenvalue weighted by atomic mass is 10.1. The smallest absolute Gasteiger partial charge is 0.328 e. The van der Waals surface area contributed by atoms with Gasteiger partial charge in [-0.3, -0.25) is 4.79 Å². The van der Waals surface area contributed by atoms with Gasteiger partial charge in [0.05, 0.1) is 12.1 Å². The summed E-state index contributed by atoms with van der Waals surface area (Å²) in [6.07, 6.45) is 1.06. The quantitative estimate of drug-likeness (QED) is 0.852. The van der Waals surface area contributed by atoms with Crippen molar-refractivity contribution < 1.29 is 14.7 Å². The summed E-state index contributed by atoms with van der Waals surface area (Å²) in [5.41, 5.74) is 1.64. The lowest BCUT2D eigenvalue weighted by Crippen LogP contribution is -2.50. The van der Waals surface area contributed by atoms with E-state index in [1.165, 1.54) is 30.7 Å². The van der Waals surface area contributed by atoms with Gasteiger partial charge in [-0.15, -0.1) is 11.3 Å². The molecule has 0 bridgehead atoms. The van der Waals surface area contributed by atoms with Crippen LogP contribution in [0.15, 0.2) is 29.6 Å². The number of nitrogens with one attached hydrogen (secondary N) is 1. The molecule has 0 aliphatic heterocycles. The van der Waals surface area contributed by atoms with Crippen molar-refractivity contribution in [3.8, 4) is 10.6 Å². The Morgan fingerprint density at radius 3 is 2.48 bits per heavy atom. The number of carboxylic acid groups (broad SMARTS) is 1. The van der Waals surface area contributed by atoms with Crippen LogP contribution in [0.4, 0.5) is 0 Å². The van der Waals surface area contributed by atoms with Crippen LogP contribution in [0.25, 0.3) is 10.6 Å². The summed E-state index contributed by atoms with van der Waals surface area (Å²) in [5, 5.41) is 14.2. The number of hydrogen-bond acceptors (Lipinski definition) is 4. The molecule has 6 heteroatoms. The molecule has 0 saturated carbocycles. The monoisotopic (exact) mass is 332 g/mol. The number of hydrogen-bond donors (Lipinski definition) is 2. The Bertz CT molecular complexity index is 705. The topological polar surface area (TPSA) is 79.3 Å². The number of nitrogens with zero attached hydrogens (tertiary/aromatic N) is 1. The molecule has 0 aliphatic rings. The summed E-state index contributed by atoms with van der Waals surface area (Å²) in [5.74, 6) is -1.42. The van der Waals surface area contributed by atoms with E-state index < -0.39 is 11.5 Å².